The smallest absolute Gasteiger partial charge is 0.160 e. The van der Waals surface area contributed by atoms with E-state index in [4.69, 9.17) is 15.7 Å². The van der Waals surface area contributed by atoms with E-state index < -0.39 is 0 Å². The maximum atomic E-state index is 5.80. The molecule has 104 valence electrons. The summed E-state index contributed by atoms with van der Waals surface area (Å²) >= 11 is 0. The van der Waals surface area contributed by atoms with Gasteiger partial charge in [-0.15, -0.1) is 0 Å². The maximum Gasteiger partial charge on any atom is 0.160 e. The van der Waals surface area contributed by atoms with Gasteiger partial charge >= 0.3 is 0 Å². The lowest BCUT2D eigenvalue weighted by atomic mass is 9.86. The van der Waals surface area contributed by atoms with Crippen molar-refractivity contribution in [3.05, 3.63) is 41.0 Å². The first-order chi connectivity index (χ1) is 9.69. The number of fused-ring (bicyclic) bond motifs is 1. The van der Waals surface area contributed by atoms with E-state index in [9.17, 15) is 0 Å². The zero-order chi connectivity index (χ0) is 14.1. The van der Waals surface area contributed by atoms with Crippen LogP contribution >= 0.6 is 0 Å². The fourth-order valence-electron chi connectivity index (χ4n) is 2.91. The van der Waals surface area contributed by atoms with Gasteiger partial charge in [0.2, 0.25) is 0 Å². The summed E-state index contributed by atoms with van der Waals surface area (Å²) in [6, 6.07) is 1.99. The van der Waals surface area contributed by atoms with Crippen molar-refractivity contribution in [2.75, 3.05) is 6.54 Å². The van der Waals surface area contributed by atoms with Gasteiger partial charge in [-0.1, -0.05) is 0 Å². The fourth-order valence-corrected chi connectivity index (χ4v) is 2.91. The van der Waals surface area contributed by atoms with Crippen LogP contribution in [0, 0.1) is 19.8 Å². The van der Waals surface area contributed by atoms with Crippen LogP contribution in [0.1, 0.15) is 28.9 Å². The number of pyridine rings is 1. The molecule has 1 unspecified atom stereocenters. The van der Waals surface area contributed by atoms with Crippen molar-refractivity contribution in [3.63, 3.8) is 0 Å². The zero-order valence-electron chi connectivity index (χ0n) is 12.1. The molecule has 20 heavy (non-hydrogen) atoms. The Morgan fingerprint density at radius 2 is 2.15 bits per heavy atom. The molecule has 0 radical (unpaired) electrons. The topological polar surface area (TPSA) is 64.7 Å². The molecule has 4 heteroatoms. The van der Waals surface area contributed by atoms with Crippen molar-refractivity contribution < 1.29 is 0 Å². The van der Waals surface area contributed by atoms with Crippen LogP contribution in [-0.4, -0.2) is 21.5 Å². The van der Waals surface area contributed by atoms with Crippen molar-refractivity contribution in [2.24, 2.45) is 11.7 Å². The monoisotopic (exact) mass is 268 g/mol. The van der Waals surface area contributed by atoms with E-state index in [0.717, 1.165) is 48.5 Å². The number of aromatic nitrogens is 3. The van der Waals surface area contributed by atoms with Gasteiger partial charge in [-0.05, 0) is 62.8 Å². The summed E-state index contributed by atoms with van der Waals surface area (Å²) < 4.78 is 0. The third-order valence-electron chi connectivity index (χ3n) is 4.18. The van der Waals surface area contributed by atoms with Crippen LogP contribution in [0.3, 0.4) is 0 Å². The molecule has 2 heterocycles. The standard InChI is InChI=1S/C16H20N4/c1-10-9-18-6-5-13(10)16-19-11(2)14-7-12(8-17)3-4-15(14)20-16/h5-6,9,12H,3-4,7-8,17H2,1-2H3. The molecule has 4 nitrogen and oxygen atoms in total. The Morgan fingerprint density at radius 1 is 1.30 bits per heavy atom. The quantitative estimate of drug-likeness (QED) is 0.907. The van der Waals surface area contributed by atoms with Crippen molar-refractivity contribution in [1.29, 1.82) is 0 Å². The van der Waals surface area contributed by atoms with E-state index in [1.165, 1.54) is 11.3 Å². The first-order valence-corrected chi connectivity index (χ1v) is 7.16. The van der Waals surface area contributed by atoms with Gasteiger partial charge in [-0.3, -0.25) is 4.98 Å². The van der Waals surface area contributed by atoms with Crippen LogP contribution in [0.15, 0.2) is 18.5 Å². The lowest BCUT2D eigenvalue weighted by Gasteiger charge is -2.24. The molecule has 0 bridgehead atoms. The lowest BCUT2D eigenvalue weighted by molar-refractivity contribution is 0.460. The summed E-state index contributed by atoms with van der Waals surface area (Å²) in [4.78, 5) is 13.6. The molecule has 1 aliphatic carbocycles. The average molecular weight is 268 g/mol. The van der Waals surface area contributed by atoms with Crippen LogP contribution in [-0.2, 0) is 12.8 Å². The Labute approximate surface area is 119 Å². The maximum absolute atomic E-state index is 5.80. The molecular formula is C16H20N4. The second kappa shape index (κ2) is 5.29. The normalized spacial score (nSPS) is 17.9. The van der Waals surface area contributed by atoms with Gasteiger partial charge in [-0.25, -0.2) is 9.97 Å². The van der Waals surface area contributed by atoms with Crippen LogP contribution in [0.4, 0.5) is 0 Å². The fraction of sp³-hybridized carbons (Fsp3) is 0.438. The molecule has 0 saturated heterocycles. The lowest BCUT2D eigenvalue weighted by Crippen LogP contribution is -2.24. The third-order valence-corrected chi connectivity index (χ3v) is 4.18. The van der Waals surface area contributed by atoms with E-state index in [0.29, 0.717) is 5.92 Å². The van der Waals surface area contributed by atoms with E-state index in [1.54, 1.807) is 6.20 Å². The predicted molar refractivity (Wildman–Crippen MR) is 79.3 cm³/mol. The van der Waals surface area contributed by atoms with Gasteiger partial charge in [-0.2, -0.15) is 0 Å². The molecule has 0 amide bonds. The van der Waals surface area contributed by atoms with Crippen LogP contribution in [0.25, 0.3) is 11.4 Å². The average Bonchev–Trinajstić information content (AvgIpc) is 2.47. The molecule has 2 aromatic rings. The molecule has 0 aromatic carbocycles. The molecule has 2 N–H and O–H groups in total. The second-order valence-corrected chi connectivity index (χ2v) is 5.59. The highest BCUT2D eigenvalue weighted by Gasteiger charge is 2.22. The first kappa shape index (κ1) is 13.2. The number of aryl methyl sites for hydroxylation is 3. The molecular weight excluding hydrogens is 248 g/mol. The summed E-state index contributed by atoms with van der Waals surface area (Å²) in [5.74, 6) is 1.41. The Morgan fingerprint density at radius 3 is 2.90 bits per heavy atom. The number of hydrogen-bond donors (Lipinski definition) is 1. The summed E-state index contributed by atoms with van der Waals surface area (Å²) in [6.07, 6.45) is 6.82. The Bertz CT molecular complexity index is 636. The van der Waals surface area contributed by atoms with Gasteiger partial charge in [0, 0.05) is 29.3 Å². The molecule has 3 rings (SSSR count). The molecule has 1 atom stereocenters. The van der Waals surface area contributed by atoms with E-state index in [2.05, 4.69) is 11.9 Å². The van der Waals surface area contributed by atoms with Crippen molar-refractivity contribution in [3.8, 4) is 11.4 Å². The van der Waals surface area contributed by atoms with E-state index >= 15 is 0 Å². The number of nitrogens with two attached hydrogens (primary N) is 1. The summed E-state index contributed by atoms with van der Waals surface area (Å²) in [5.41, 5.74) is 11.6. The van der Waals surface area contributed by atoms with Crippen molar-refractivity contribution in [2.45, 2.75) is 33.1 Å². The number of rotatable bonds is 2. The first-order valence-electron chi connectivity index (χ1n) is 7.16. The van der Waals surface area contributed by atoms with E-state index in [-0.39, 0.29) is 0 Å². The third kappa shape index (κ3) is 2.31. The Balaban J connectivity index is 2.05. The largest absolute Gasteiger partial charge is 0.330 e. The highest BCUT2D eigenvalue weighted by molar-refractivity contribution is 5.59. The zero-order valence-corrected chi connectivity index (χ0v) is 12.1. The minimum Gasteiger partial charge on any atom is -0.330 e. The molecule has 0 spiro atoms. The molecule has 0 fully saturated rings. The number of hydrogen-bond acceptors (Lipinski definition) is 4. The van der Waals surface area contributed by atoms with Crippen molar-refractivity contribution >= 4 is 0 Å². The van der Waals surface area contributed by atoms with Crippen LogP contribution in [0.2, 0.25) is 0 Å². The Kier molecular flexibility index (Phi) is 3.49. The molecule has 2 aromatic heterocycles. The molecule has 0 aliphatic heterocycles. The van der Waals surface area contributed by atoms with Gasteiger partial charge in [0.15, 0.2) is 5.82 Å². The SMILES string of the molecule is Cc1cnccc1-c1nc(C)c2c(n1)CCC(CN)C2. The van der Waals surface area contributed by atoms with E-state index in [1.807, 2.05) is 19.2 Å². The van der Waals surface area contributed by atoms with Crippen LogP contribution < -0.4 is 5.73 Å². The minimum atomic E-state index is 0.582. The molecule has 0 saturated carbocycles. The minimum absolute atomic E-state index is 0.582. The summed E-state index contributed by atoms with van der Waals surface area (Å²) in [7, 11) is 0. The van der Waals surface area contributed by atoms with Gasteiger partial charge in [0.1, 0.15) is 0 Å². The predicted octanol–water partition coefficient (Wildman–Crippen LogP) is 2.22. The highest BCUT2D eigenvalue weighted by atomic mass is 14.9. The van der Waals surface area contributed by atoms with Gasteiger partial charge in [0.25, 0.3) is 0 Å². The summed E-state index contributed by atoms with van der Waals surface area (Å²) in [5, 5.41) is 0. The van der Waals surface area contributed by atoms with Crippen LogP contribution in [0.5, 0.6) is 0 Å². The second-order valence-electron chi connectivity index (χ2n) is 5.59. The van der Waals surface area contributed by atoms with Gasteiger partial charge < -0.3 is 5.73 Å². The molecule has 1 aliphatic rings. The van der Waals surface area contributed by atoms with Crippen molar-refractivity contribution in [1.82, 2.24) is 15.0 Å². The summed E-state index contributed by atoms with van der Waals surface area (Å²) in [6.45, 7) is 4.88. The highest BCUT2D eigenvalue weighted by Crippen LogP contribution is 2.28. The Hall–Kier alpha value is -1.81. The number of nitrogens with zero attached hydrogens (tertiary/aromatic N) is 3. The van der Waals surface area contributed by atoms with Gasteiger partial charge in [0.05, 0.1) is 0 Å².